The van der Waals surface area contributed by atoms with E-state index in [4.69, 9.17) is 10.5 Å². The summed E-state index contributed by atoms with van der Waals surface area (Å²) in [7, 11) is 1.58. The van der Waals surface area contributed by atoms with Crippen molar-refractivity contribution in [3.63, 3.8) is 0 Å². The zero-order valence-corrected chi connectivity index (χ0v) is 15.8. The highest BCUT2D eigenvalue weighted by molar-refractivity contribution is 5.97. The summed E-state index contributed by atoms with van der Waals surface area (Å²) in [5, 5.41) is 0.874. The van der Waals surface area contributed by atoms with Crippen LogP contribution >= 0.6 is 0 Å². The summed E-state index contributed by atoms with van der Waals surface area (Å²) in [5.74, 6) is 1.82. The molecule has 1 fully saturated rings. The molecule has 144 valence electrons. The zero-order chi connectivity index (χ0) is 19.5. The highest BCUT2D eigenvalue weighted by Gasteiger charge is 2.24. The van der Waals surface area contributed by atoms with Crippen molar-refractivity contribution in [1.29, 1.82) is 0 Å². The first kappa shape index (κ1) is 18.2. The van der Waals surface area contributed by atoms with E-state index in [0.717, 1.165) is 24.0 Å². The Kier molecular flexibility index (Phi) is 5.08. The SMILES string of the molecule is COc1ccccc1C(=O)N1CCN(Cc2nc(N)c3ccccc3n2)CC1. The number of para-hydroxylation sites is 2. The van der Waals surface area contributed by atoms with Gasteiger partial charge in [-0.1, -0.05) is 24.3 Å². The van der Waals surface area contributed by atoms with E-state index in [1.54, 1.807) is 13.2 Å². The van der Waals surface area contributed by atoms with Crippen LogP contribution in [0.5, 0.6) is 5.75 Å². The summed E-state index contributed by atoms with van der Waals surface area (Å²) >= 11 is 0. The van der Waals surface area contributed by atoms with Crippen molar-refractivity contribution in [2.75, 3.05) is 39.0 Å². The molecule has 0 saturated carbocycles. The van der Waals surface area contributed by atoms with Crippen molar-refractivity contribution in [2.45, 2.75) is 6.54 Å². The standard InChI is InChI=1S/C21H23N5O2/c1-28-18-9-5-3-7-16(18)21(27)26-12-10-25(11-13-26)14-19-23-17-8-4-2-6-15(17)20(22)24-19/h2-9H,10-14H2,1H3,(H2,22,23,24). The molecule has 0 aliphatic carbocycles. The van der Waals surface area contributed by atoms with Crippen LogP contribution in [0.4, 0.5) is 5.82 Å². The summed E-state index contributed by atoms with van der Waals surface area (Å²) in [6.07, 6.45) is 0. The number of hydrogen-bond acceptors (Lipinski definition) is 6. The molecule has 2 N–H and O–H groups in total. The van der Waals surface area contributed by atoms with Gasteiger partial charge in [0.25, 0.3) is 5.91 Å². The number of hydrogen-bond donors (Lipinski definition) is 1. The van der Waals surface area contributed by atoms with Crippen LogP contribution in [-0.4, -0.2) is 59.0 Å². The van der Waals surface area contributed by atoms with Gasteiger partial charge in [0.15, 0.2) is 0 Å². The van der Waals surface area contributed by atoms with Gasteiger partial charge in [-0.15, -0.1) is 0 Å². The fourth-order valence-electron chi connectivity index (χ4n) is 3.52. The number of carbonyl (C=O) groups is 1. The topological polar surface area (TPSA) is 84.6 Å². The van der Waals surface area contributed by atoms with Crippen molar-refractivity contribution >= 4 is 22.6 Å². The molecule has 0 bridgehead atoms. The molecular formula is C21H23N5O2. The van der Waals surface area contributed by atoms with Crippen LogP contribution in [0, 0.1) is 0 Å². The van der Waals surface area contributed by atoms with Gasteiger partial charge < -0.3 is 15.4 Å². The summed E-state index contributed by atoms with van der Waals surface area (Å²) in [6.45, 7) is 3.44. The van der Waals surface area contributed by atoms with Crippen molar-refractivity contribution in [3.05, 3.63) is 59.9 Å². The number of nitrogens with zero attached hydrogens (tertiary/aromatic N) is 4. The molecule has 2 aromatic carbocycles. The van der Waals surface area contributed by atoms with Gasteiger partial charge in [-0.25, -0.2) is 9.97 Å². The number of piperazine rings is 1. The predicted molar refractivity (Wildman–Crippen MR) is 108 cm³/mol. The summed E-state index contributed by atoms with van der Waals surface area (Å²) in [4.78, 5) is 26.0. The smallest absolute Gasteiger partial charge is 0.257 e. The maximum atomic E-state index is 12.8. The molecule has 2 heterocycles. The van der Waals surface area contributed by atoms with Gasteiger partial charge in [0.1, 0.15) is 17.4 Å². The van der Waals surface area contributed by atoms with E-state index in [1.807, 2.05) is 47.4 Å². The first-order valence-corrected chi connectivity index (χ1v) is 9.31. The number of benzene rings is 2. The van der Waals surface area contributed by atoms with Gasteiger partial charge >= 0.3 is 0 Å². The normalized spacial score (nSPS) is 15.0. The number of anilines is 1. The molecule has 0 atom stereocenters. The third-order valence-corrected chi connectivity index (χ3v) is 5.04. The van der Waals surface area contributed by atoms with Crippen LogP contribution < -0.4 is 10.5 Å². The van der Waals surface area contributed by atoms with Crippen molar-refractivity contribution < 1.29 is 9.53 Å². The minimum Gasteiger partial charge on any atom is -0.496 e. The molecule has 0 spiro atoms. The zero-order valence-electron chi connectivity index (χ0n) is 15.8. The molecule has 7 nitrogen and oxygen atoms in total. The fraction of sp³-hybridized carbons (Fsp3) is 0.286. The third kappa shape index (κ3) is 3.61. The molecule has 3 aromatic rings. The van der Waals surface area contributed by atoms with E-state index < -0.39 is 0 Å². The second kappa shape index (κ2) is 7.82. The Bertz CT molecular complexity index is 999. The van der Waals surface area contributed by atoms with E-state index >= 15 is 0 Å². The first-order chi connectivity index (χ1) is 13.7. The lowest BCUT2D eigenvalue weighted by molar-refractivity contribution is 0.0622. The van der Waals surface area contributed by atoms with Gasteiger partial charge in [-0.2, -0.15) is 0 Å². The van der Waals surface area contributed by atoms with Crippen LogP contribution in [0.2, 0.25) is 0 Å². The van der Waals surface area contributed by atoms with E-state index in [1.165, 1.54) is 0 Å². The minimum atomic E-state index is 0.00306. The third-order valence-electron chi connectivity index (χ3n) is 5.04. The lowest BCUT2D eigenvalue weighted by Gasteiger charge is -2.34. The minimum absolute atomic E-state index is 0.00306. The lowest BCUT2D eigenvalue weighted by Crippen LogP contribution is -2.48. The Morgan fingerprint density at radius 3 is 2.54 bits per heavy atom. The largest absolute Gasteiger partial charge is 0.496 e. The molecule has 1 aliphatic rings. The summed E-state index contributed by atoms with van der Waals surface area (Å²) in [6, 6.07) is 15.1. The molecule has 0 unspecified atom stereocenters. The van der Waals surface area contributed by atoms with E-state index in [9.17, 15) is 4.79 Å². The van der Waals surface area contributed by atoms with E-state index in [-0.39, 0.29) is 5.91 Å². The van der Waals surface area contributed by atoms with Crippen LogP contribution in [0.1, 0.15) is 16.2 Å². The number of carbonyl (C=O) groups excluding carboxylic acids is 1. The Balaban J connectivity index is 1.41. The number of fused-ring (bicyclic) bond motifs is 1. The molecule has 1 amide bonds. The van der Waals surface area contributed by atoms with Crippen LogP contribution in [0.15, 0.2) is 48.5 Å². The Morgan fingerprint density at radius 1 is 1.04 bits per heavy atom. The predicted octanol–water partition coefficient (Wildman–Crippen LogP) is 2.18. The van der Waals surface area contributed by atoms with Crippen LogP contribution in [0.3, 0.4) is 0 Å². The number of rotatable bonds is 4. The molecule has 7 heteroatoms. The van der Waals surface area contributed by atoms with Gasteiger partial charge in [0, 0.05) is 31.6 Å². The number of ether oxygens (including phenoxy) is 1. The second-order valence-corrected chi connectivity index (χ2v) is 6.81. The van der Waals surface area contributed by atoms with Gasteiger partial charge in [0.2, 0.25) is 0 Å². The highest BCUT2D eigenvalue weighted by Crippen LogP contribution is 2.21. The number of nitrogens with two attached hydrogens (primary N) is 1. The van der Waals surface area contributed by atoms with Gasteiger partial charge in [0.05, 0.1) is 24.7 Å². The highest BCUT2D eigenvalue weighted by atomic mass is 16.5. The average Bonchev–Trinajstić information content (AvgIpc) is 2.74. The monoisotopic (exact) mass is 377 g/mol. The van der Waals surface area contributed by atoms with Gasteiger partial charge in [-0.3, -0.25) is 9.69 Å². The molecule has 1 aromatic heterocycles. The number of aromatic nitrogens is 2. The van der Waals surface area contributed by atoms with Crippen molar-refractivity contribution in [1.82, 2.24) is 19.8 Å². The molecule has 28 heavy (non-hydrogen) atoms. The maximum absolute atomic E-state index is 12.8. The van der Waals surface area contributed by atoms with Crippen molar-refractivity contribution in [2.24, 2.45) is 0 Å². The molecule has 1 aliphatic heterocycles. The lowest BCUT2D eigenvalue weighted by atomic mass is 10.1. The van der Waals surface area contributed by atoms with E-state index in [2.05, 4.69) is 14.9 Å². The second-order valence-electron chi connectivity index (χ2n) is 6.81. The van der Waals surface area contributed by atoms with Gasteiger partial charge in [-0.05, 0) is 24.3 Å². The molecule has 0 radical (unpaired) electrons. The quantitative estimate of drug-likeness (QED) is 0.750. The number of methoxy groups -OCH3 is 1. The molecule has 1 saturated heterocycles. The maximum Gasteiger partial charge on any atom is 0.257 e. The average molecular weight is 377 g/mol. The summed E-state index contributed by atoms with van der Waals surface area (Å²) in [5.41, 5.74) is 7.54. The van der Waals surface area contributed by atoms with Crippen LogP contribution in [-0.2, 0) is 6.54 Å². The Hall–Kier alpha value is -3.19. The molecule has 4 rings (SSSR count). The first-order valence-electron chi connectivity index (χ1n) is 9.31. The van der Waals surface area contributed by atoms with E-state index in [0.29, 0.717) is 42.6 Å². The summed E-state index contributed by atoms with van der Waals surface area (Å²) < 4.78 is 5.32. The van der Waals surface area contributed by atoms with Crippen LogP contribution in [0.25, 0.3) is 10.9 Å². The Morgan fingerprint density at radius 2 is 1.75 bits per heavy atom. The molecular weight excluding hydrogens is 354 g/mol. The number of amides is 1. The number of nitrogen functional groups attached to an aromatic ring is 1. The fourth-order valence-corrected chi connectivity index (χ4v) is 3.52. The van der Waals surface area contributed by atoms with Crippen molar-refractivity contribution in [3.8, 4) is 5.75 Å². The Labute approximate surface area is 163 Å².